The van der Waals surface area contributed by atoms with E-state index in [0.29, 0.717) is 31.2 Å². The zero-order valence-electron chi connectivity index (χ0n) is 15.7. The smallest absolute Gasteiger partial charge is 0.220 e. The van der Waals surface area contributed by atoms with Gasteiger partial charge in [-0.2, -0.15) is 5.10 Å². The molecule has 1 saturated carbocycles. The maximum atomic E-state index is 12.1. The zero-order chi connectivity index (χ0) is 18.0. The summed E-state index contributed by atoms with van der Waals surface area (Å²) in [5, 5.41) is 7.50. The Hall–Kier alpha value is -2.04. The molecule has 2 heterocycles. The van der Waals surface area contributed by atoms with Crippen LogP contribution in [0.3, 0.4) is 0 Å². The van der Waals surface area contributed by atoms with Crippen LogP contribution >= 0.6 is 0 Å². The lowest BCUT2D eigenvalue weighted by atomic mass is 10.1. The third-order valence-corrected chi connectivity index (χ3v) is 4.99. The molecule has 0 aromatic carbocycles. The Morgan fingerprint density at radius 3 is 2.84 bits per heavy atom. The Labute approximate surface area is 149 Å². The number of amides is 1. The molecular formula is C20H29N3O2. The Kier molecular flexibility index (Phi) is 5.30. The van der Waals surface area contributed by atoms with E-state index in [2.05, 4.69) is 43.3 Å². The standard InChI is InChI=1S/C20H29N3O2/c1-13(12-23-16(4)10-15(3)22-23)11-21-20(24)8-6-17-5-7-19(25-17)18-9-14(18)2/h5,7,10,13-14,18H,6,8-9,11-12H2,1-4H3,(H,21,24)/t13-,14+,18+/m1/s1. The minimum atomic E-state index is 0.0814. The molecule has 1 aliphatic carbocycles. The van der Waals surface area contributed by atoms with Gasteiger partial charge in [0.2, 0.25) is 5.91 Å². The molecule has 3 rings (SSSR count). The van der Waals surface area contributed by atoms with E-state index in [1.165, 1.54) is 6.42 Å². The van der Waals surface area contributed by atoms with E-state index in [4.69, 9.17) is 4.42 Å². The van der Waals surface area contributed by atoms with Crippen LogP contribution in [0.1, 0.15) is 55.5 Å². The van der Waals surface area contributed by atoms with Gasteiger partial charge in [0.25, 0.3) is 0 Å². The maximum absolute atomic E-state index is 12.1. The molecule has 25 heavy (non-hydrogen) atoms. The van der Waals surface area contributed by atoms with Crippen LogP contribution in [0.25, 0.3) is 0 Å². The van der Waals surface area contributed by atoms with E-state index < -0.39 is 0 Å². The van der Waals surface area contributed by atoms with E-state index >= 15 is 0 Å². The van der Waals surface area contributed by atoms with E-state index in [1.807, 2.05) is 17.7 Å². The van der Waals surface area contributed by atoms with Gasteiger partial charge in [0, 0.05) is 37.5 Å². The molecule has 1 aliphatic rings. The highest BCUT2D eigenvalue weighted by atomic mass is 16.3. The molecule has 1 N–H and O–H groups in total. The first-order valence-electron chi connectivity index (χ1n) is 9.28. The molecular weight excluding hydrogens is 314 g/mol. The second-order valence-electron chi connectivity index (χ2n) is 7.64. The number of carbonyl (C=O) groups is 1. The number of nitrogens with zero attached hydrogens (tertiary/aromatic N) is 2. The van der Waals surface area contributed by atoms with Crippen molar-refractivity contribution in [2.75, 3.05) is 6.54 Å². The van der Waals surface area contributed by atoms with Gasteiger partial charge in [-0.1, -0.05) is 13.8 Å². The molecule has 0 spiro atoms. The van der Waals surface area contributed by atoms with Crippen molar-refractivity contribution in [2.24, 2.45) is 11.8 Å². The van der Waals surface area contributed by atoms with Gasteiger partial charge in [0.1, 0.15) is 11.5 Å². The molecule has 0 unspecified atom stereocenters. The molecule has 5 heteroatoms. The lowest BCUT2D eigenvalue weighted by molar-refractivity contribution is -0.121. The molecule has 136 valence electrons. The van der Waals surface area contributed by atoms with Gasteiger partial charge in [0.15, 0.2) is 0 Å². The van der Waals surface area contributed by atoms with Gasteiger partial charge in [-0.25, -0.2) is 0 Å². The Morgan fingerprint density at radius 2 is 2.20 bits per heavy atom. The van der Waals surface area contributed by atoms with Gasteiger partial charge in [-0.3, -0.25) is 9.48 Å². The van der Waals surface area contributed by atoms with E-state index in [9.17, 15) is 4.79 Å². The topological polar surface area (TPSA) is 60.1 Å². The average molecular weight is 343 g/mol. The molecule has 5 nitrogen and oxygen atoms in total. The summed E-state index contributed by atoms with van der Waals surface area (Å²) in [5.74, 6) is 3.76. The molecule has 1 fully saturated rings. The predicted octanol–water partition coefficient (Wildman–Crippen LogP) is 3.60. The quantitative estimate of drug-likeness (QED) is 0.796. The first-order chi connectivity index (χ1) is 11.9. The van der Waals surface area contributed by atoms with Crippen LogP contribution in [-0.4, -0.2) is 22.2 Å². The van der Waals surface area contributed by atoms with E-state index in [1.54, 1.807) is 0 Å². The third-order valence-electron chi connectivity index (χ3n) is 4.99. The fourth-order valence-electron chi connectivity index (χ4n) is 3.28. The number of hydrogen-bond acceptors (Lipinski definition) is 3. The summed E-state index contributed by atoms with van der Waals surface area (Å²) in [4.78, 5) is 12.1. The summed E-state index contributed by atoms with van der Waals surface area (Å²) in [6.07, 6.45) is 2.36. The third kappa shape index (κ3) is 4.74. The first-order valence-corrected chi connectivity index (χ1v) is 9.28. The van der Waals surface area contributed by atoms with E-state index in [-0.39, 0.29) is 5.91 Å². The van der Waals surface area contributed by atoms with Crippen molar-refractivity contribution >= 4 is 5.91 Å². The summed E-state index contributed by atoms with van der Waals surface area (Å²) < 4.78 is 7.87. The highest BCUT2D eigenvalue weighted by Crippen LogP contribution is 2.47. The molecule has 2 aromatic rings. The van der Waals surface area contributed by atoms with Crippen molar-refractivity contribution in [1.29, 1.82) is 0 Å². The fourth-order valence-corrected chi connectivity index (χ4v) is 3.28. The molecule has 2 aromatic heterocycles. The number of hydrogen-bond donors (Lipinski definition) is 1. The molecule has 0 saturated heterocycles. The monoisotopic (exact) mass is 343 g/mol. The highest BCUT2D eigenvalue weighted by molar-refractivity contribution is 5.76. The first kappa shape index (κ1) is 17.8. The van der Waals surface area contributed by atoms with Crippen molar-refractivity contribution in [3.8, 4) is 0 Å². The van der Waals surface area contributed by atoms with Crippen LogP contribution in [0.4, 0.5) is 0 Å². The fraction of sp³-hybridized carbons (Fsp3) is 0.600. The highest BCUT2D eigenvalue weighted by Gasteiger charge is 2.36. The normalized spacial score (nSPS) is 20.5. The van der Waals surface area contributed by atoms with Gasteiger partial charge >= 0.3 is 0 Å². The maximum Gasteiger partial charge on any atom is 0.220 e. The molecule has 0 aliphatic heterocycles. The van der Waals surface area contributed by atoms with Gasteiger partial charge in [-0.15, -0.1) is 0 Å². The number of aryl methyl sites for hydroxylation is 3. The van der Waals surface area contributed by atoms with Crippen LogP contribution in [-0.2, 0) is 17.8 Å². The van der Waals surface area contributed by atoms with Gasteiger partial charge < -0.3 is 9.73 Å². The SMILES string of the molecule is Cc1cc(C)n(C[C@H](C)CNC(=O)CCc2ccc([C@H]3C[C@@H]3C)o2)n1. The van der Waals surface area contributed by atoms with Gasteiger partial charge in [-0.05, 0) is 50.3 Å². The second kappa shape index (κ2) is 7.46. The van der Waals surface area contributed by atoms with Crippen LogP contribution < -0.4 is 5.32 Å². The summed E-state index contributed by atoms with van der Waals surface area (Å²) in [6, 6.07) is 6.16. The summed E-state index contributed by atoms with van der Waals surface area (Å²) in [6.45, 7) is 9.92. The average Bonchev–Trinajstić information content (AvgIpc) is 2.97. The summed E-state index contributed by atoms with van der Waals surface area (Å²) in [7, 11) is 0. The number of rotatable bonds is 8. The Bertz CT molecular complexity index is 731. The number of nitrogens with one attached hydrogen (secondary N) is 1. The van der Waals surface area contributed by atoms with E-state index in [0.717, 1.165) is 35.4 Å². The van der Waals surface area contributed by atoms with Crippen molar-refractivity contribution < 1.29 is 9.21 Å². The van der Waals surface area contributed by atoms with Crippen LogP contribution in [0.15, 0.2) is 22.6 Å². The van der Waals surface area contributed by atoms with Crippen molar-refractivity contribution in [2.45, 2.75) is 59.4 Å². The molecule has 0 bridgehead atoms. The minimum Gasteiger partial charge on any atom is -0.466 e. The molecule has 0 radical (unpaired) electrons. The Balaban J connectivity index is 1.37. The van der Waals surface area contributed by atoms with Crippen molar-refractivity contribution in [3.63, 3.8) is 0 Å². The second-order valence-corrected chi connectivity index (χ2v) is 7.64. The predicted molar refractivity (Wildman–Crippen MR) is 97.4 cm³/mol. The largest absolute Gasteiger partial charge is 0.466 e. The molecule has 1 amide bonds. The number of furan rings is 1. The number of aromatic nitrogens is 2. The summed E-state index contributed by atoms with van der Waals surface area (Å²) in [5.41, 5.74) is 2.20. The van der Waals surface area contributed by atoms with Crippen LogP contribution in [0, 0.1) is 25.7 Å². The Morgan fingerprint density at radius 1 is 1.44 bits per heavy atom. The molecule has 3 atom stereocenters. The lowest BCUT2D eigenvalue weighted by Gasteiger charge is -2.14. The van der Waals surface area contributed by atoms with Crippen LogP contribution in [0.2, 0.25) is 0 Å². The zero-order valence-corrected chi connectivity index (χ0v) is 15.7. The minimum absolute atomic E-state index is 0.0814. The van der Waals surface area contributed by atoms with Gasteiger partial charge in [0.05, 0.1) is 5.69 Å². The number of carbonyl (C=O) groups excluding carboxylic acids is 1. The van der Waals surface area contributed by atoms with Crippen molar-refractivity contribution in [1.82, 2.24) is 15.1 Å². The summed E-state index contributed by atoms with van der Waals surface area (Å²) >= 11 is 0. The van der Waals surface area contributed by atoms with Crippen LogP contribution in [0.5, 0.6) is 0 Å². The lowest BCUT2D eigenvalue weighted by Crippen LogP contribution is -2.30. The van der Waals surface area contributed by atoms with Crippen molar-refractivity contribution in [3.05, 3.63) is 41.1 Å².